The van der Waals surface area contributed by atoms with Crippen molar-refractivity contribution in [3.63, 3.8) is 0 Å². The van der Waals surface area contributed by atoms with Crippen molar-refractivity contribution in [1.29, 1.82) is 0 Å². The van der Waals surface area contributed by atoms with E-state index in [1.165, 1.54) is 23.1 Å². The van der Waals surface area contributed by atoms with Gasteiger partial charge in [-0.25, -0.2) is 0 Å². The quantitative estimate of drug-likeness (QED) is 0.743. The molecular formula is C21H23F3N2O2. The fraction of sp³-hybridized carbons (Fsp3) is 0.333. The molecule has 28 heavy (non-hydrogen) atoms. The Bertz CT molecular complexity index is 807. The first kappa shape index (κ1) is 21.5. The molecule has 0 aliphatic carbocycles. The van der Waals surface area contributed by atoms with Crippen molar-refractivity contribution in [3.05, 3.63) is 65.7 Å². The average Bonchev–Trinajstić information content (AvgIpc) is 2.66. The van der Waals surface area contributed by atoms with Crippen LogP contribution in [0.3, 0.4) is 0 Å². The van der Waals surface area contributed by atoms with Crippen LogP contribution in [-0.4, -0.2) is 29.8 Å². The molecule has 150 valence electrons. The number of hydrogen-bond acceptors (Lipinski definition) is 2. The number of rotatable bonds is 7. The zero-order chi connectivity index (χ0) is 20.7. The Morgan fingerprint density at radius 2 is 1.64 bits per heavy atom. The molecule has 1 N–H and O–H groups in total. The first-order chi connectivity index (χ1) is 13.2. The molecule has 2 aromatic carbocycles. The highest BCUT2D eigenvalue weighted by Crippen LogP contribution is 2.34. The Morgan fingerprint density at radius 3 is 2.25 bits per heavy atom. The van der Waals surface area contributed by atoms with E-state index in [4.69, 9.17) is 0 Å². The van der Waals surface area contributed by atoms with Crippen LogP contribution in [0.5, 0.6) is 0 Å². The second-order valence-electron chi connectivity index (χ2n) is 6.52. The van der Waals surface area contributed by atoms with Crippen LogP contribution >= 0.6 is 0 Å². The lowest BCUT2D eigenvalue weighted by Crippen LogP contribution is -2.38. The Balaban J connectivity index is 2.01. The summed E-state index contributed by atoms with van der Waals surface area (Å²) in [6, 6.07) is 14.3. The lowest BCUT2D eigenvalue weighted by Gasteiger charge is -2.23. The standard InChI is InChI=1S/C21H23F3N2O2/c1-3-26(20(28)13-15(2)16-9-5-4-6-10-16)14-19(27)25-18-12-8-7-11-17(18)21(22,23)24/h4-12,15H,3,13-14H2,1-2H3,(H,25,27). The fourth-order valence-corrected chi connectivity index (χ4v) is 2.87. The minimum absolute atomic E-state index is 0.0308. The summed E-state index contributed by atoms with van der Waals surface area (Å²) in [5.74, 6) is -0.922. The van der Waals surface area contributed by atoms with Crippen LogP contribution in [0.2, 0.25) is 0 Å². The van der Waals surface area contributed by atoms with E-state index >= 15 is 0 Å². The van der Waals surface area contributed by atoms with Gasteiger partial charge in [0, 0.05) is 13.0 Å². The van der Waals surface area contributed by atoms with Crippen molar-refractivity contribution in [3.8, 4) is 0 Å². The molecule has 7 heteroatoms. The molecule has 0 saturated heterocycles. The maximum absolute atomic E-state index is 13.0. The molecule has 1 atom stereocenters. The zero-order valence-electron chi connectivity index (χ0n) is 15.8. The first-order valence-corrected chi connectivity index (χ1v) is 9.01. The summed E-state index contributed by atoms with van der Waals surface area (Å²) in [6.45, 7) is 3.63. The first-order valence-electron chi connectivity index (χ1n) is 9.01. The third-order valence-electron chi connectivity index (χ3n) is 4.42. The highest BCUT2D eigenvalue weighted by atomic mass is 19.4. The topological polar surface area (TPSA) is 49.4 Å². The van der Waals surface area contributed by atoms with Crippen molar-refractivity contribution in [2.45, 2.75) is 32.4 Å². The molecule has 0 bridgehead atoms. The second kappa shape index (κ2) is 9.39. The maximum Gasteiger partial charge on any atom is 0.418 e. The minimum atomic E-state index is -4.57. The number of anilines is 1. The number of para-hydroxylation sites is 1. The Hall–Kier alpha value is -2.83. The van der Waals surface area contributed by atoms with Crippen LogP contribution in [0.4, 0.5) is 18.9 Å². The Morgan fingerprint density at radius 1 is 1.04 bits per heavy atom. The van der Waals surface area contributed by atoms with Gasteiger partial charge >= 0.3 is 6.18 Å². The van der Waals surface area contributed by atoms with Crippen LogP contribution in [0.1, 0.15) is 37.3 Å². The molecule has 2 rings (SSSR count). The minimum Gasteiger partial charge on any atom is -0.334 e. The summed E-state index contributed by atoms with van der Waals surface area (Å²) in [4.78, 5) is 26.1. The van der Waals surface area contributed by atoms with E-state index in [2.05, 4.69) is 5.32 Å². The normalized spacial score (nSPS) is 12.3. The van der Waals surface area contributed by atoms with E-state index in [1.807, 2.05) is 37.3 Å². The molecule has 0 aromatic heterocycles. The SMILES string of the molecule is CCN(CC(=O)Nc1ccccc1C(F)(F)F)C(=O)CC(C)c1ccccc1. The van der Waals surface area contributed by atoms with Crippen molar-refractivity contribution < 1.29 is 22.8 Å². The number of halogens is 3. The van der Waals surface area contributed by atoms with Gasteiger partial charge in [0.25, 0.3) is 0 Å². The number of benzene rings is 2. The summed E-state index contributed by atoms with van der Waals surface area (Å²) in [5, 5.41) is 2.27. The number of likely N-dealkylation sites (N-methyl/N-ethyl adjacent to an activating group) is 1. The van der Waals surface area contributed by atoms with Gasteiger partial charge in [0.15, 0.2) is 0 Å². The smallest absolute Gasteiger partial charge is 0.334 e. The zero-order valence-corrected chi connectivity index (χ0v) is 15.8. The third-order valence-corrected chi connectivity index (χ3v) is 4.42. The lowest BCUT2D eigenvalue weighted by molar-refractivity contribution is -0.137. The van der Waals surface area contributed by atoms with E-state index in [9.17, 15) is 22.8 Å². The molecule has 0 aliphatic heterocycles. The van der Waals surface area contributed by atoms with Crippen LogP contribution in [-0.2, 0) is 15.8 Å². The molecule has 2 aromatic rings. The van der Waals surface area contributed by atoms with Crippen molar-refractivity contribution >= 4 is 17.5 Å². The van der Waals surface area contributed by atoms with Gasteiger partial charge in [-0.3, -0.25) is 9.59 Å². The highest BCUT2D eigenvalue weighted by Gasteiger charge is 2.33. The van der Waals surface area contributed by atoms with Gasteiger partial charge in [-0.15, -0.1) is 0 Å². The predicted octanol–water partition coefficient (Wildman–Crippen LogP) is 4.69. The van der Waals surface area contributed by atoms with Gasteiger partial charge in [0.05, 0.1) is 17.8 Å². The fourth-order valence-electron chi connectivity index (χ4n) is 2.87. The van der Waals surface area contributed by atoms with Crippen LogP contribution in [0, 0.1) is 0 Å². The van der Waals surface area contributed by atoms with E-state index in [0.29, 0.717) is 0 Å². The van der Waals surface area contributed by atoms with Crippen molar-refractivity contribution in [1.82, 2.24) is 4.90 Å². The number of carbonyl (C=O) groups excluding carboxylic acids is 2. The molecule has 1 unspecified atom stereocenters. The number of hydrogen-bond donors (Lipinski definition) is 1. The Kier molecular flexibility index (Phi) is 7.20. The molecule has 0 radical (unpaired) electrons. The Labute approximate surface area is 162 Å². The number of amides is 2. The van der Waals surface area contributed by atoms with Gasteiger partial charge in [-0.1, -0.05) is 49.4 Å². The van der Waals surface area contributed by atoms with Crippen molar-refractivity contribution in [2.75, 3.05) is 18.4 Å². The maximum atomic E-state index is 13.0. The van der Waals surface area contributed by atoms with E-state index in [1.54, 1.807) is 6.92 Å². The third kappa shape index (κ3) is 5.84. The molecule has 0 aliphatic rings. The van der Waals surface area contributed by atoms with Crippen LogP contribution in [0.25, 0.3) is 0 Å². The molecule has 4 nitrogen and oxygen atoms in total. The summed E-state index contributed by atoms with van der Waals surface area (Å²) < 4.78 is 39.1. The van der Waals surface area contributed by atoms with E-state index in [0.717, 1.165) is 11.6 Å². The number of nitrogens with one attached hydrogen (secondary N) is 1. The van der Waals surface area contributed by atoms with Crippen LogP contribution < -0.4 is 5.32 Å². The van der Waals surface area contributed by atoms with E-state index in [-0.39, 0.29) is 37.0 Å². The molecule has 0 spiro atoms. The summed E-state index contributed by atoms with van der Waals surface area (Å²) in [6.07, 6.45) is -4.36. The van der Waals surface area contributed by atoms with Gasteiger partial charge in [-0.2, -0.15) is 13.2 Å². The predicted molar refractivity (Wildman–Crippen MR) is 102 cm³/mol. The lowest BCUT2D eigenvalue weighted by atomic mass is 9.97. The largest absolute Gasteiger partial charge is 0.418 e. The van der Waals surface area contributed by atoms with Crippen LogP contribution in [0.15, 0.2) is 54.6 Å². The average molecular weight is 392 g/mol. The monoisotopic (exact) mass is 392 g/mol. The van der Waals surface area contributed by atoms with Gasteiger partial charge in [-0.05, 0) is 30.5 Å². The van der Waals surface area contributed by atoms with Gasteiger partial charge in [0.2, 0.25) is 11.8 Å². The number of nitrogens with zero attached hydrogens (tertiary/aromatic N) is 1. The number of carbonyl (C=O) groups is 2. The molecular weight excluding hydrogens is 369 g/mol. The molecule has 0 heterocycles. The van der Waals surface area contributed by atoms with Gasteiger partial charge in [0.1, 0.15) is 0 Å². The van der Waals surface area contributed by atoms with Gasteiger partial charge < -0.3 is 10.2 Å². The highest BCUT2D eigenvalue weighted by molar-refractivity contribution is 5.95. The van der Waals surface area contributed by atoms with E-state index < -0.39 is 17.6 Å². The summed E-state index contributed by atoms with van der Waals surface area (Å²) in [5.41, 5.74) is -0.230. The number of alkyl halides is 3. The summed E-state index contributed by atoms with van der Waals surface area (Å²) >= 11 is 0. The van der Waals surface area contributed by atoms with Crippen molar-refractivity contribution in [2.24, 2.45) is 0 Å². The molecule has 2 amide bonds. The summed E-state index contributed by atoms with van der Waals surface area (Å²) in [7, 11) is 0. The molecule has 0 saturated carbocycles. The second-order valence-corrected chi connectivity index (χ2v) is 6.52. The molecule has 0 fully saturated rings.